The predicted octanol–water partition coefficient (Wildman–Crippen LogP) is 0.137. The van der Waals surface area contributed by atoms with Gasteiger partial charge in [-0.3, -0.25) is 27.7 Å². The Kier molecular flexibility index (Phi) is 9.37. The molecule has 1 saturated heterocycles. The maximum atomic E-state index is 15.6. The summed E-state index contributed by atoms with van der Waals surface area (Å²) in [5.74, 6) is 0.00781. The summed E-state index contributed by atoms with van der Waals surface area (Å²) in [6, 6.07) is 0. The number of hydrogen-bond donors (Lipinski definition) is 5. The van der Waals surface area contributed by atoms with E-state index in [1.165, 1.54) is 10.9 Å². The topological polar surface area (TPSA) is 274 Å². The Bertz CT molecular complexity index is 1760. The van der Waals surface area contributed by atoms with E-state index >= 15 is 4.39 Å². The van der Waals surface area contributed by atoms with Gasteiger partial charge < -0.3 is 30.2 Å². The smallest absolute Gasteiger partial charge is 0.382 e. The number of ether oxygens (including phenoxy) is 3. The van der Waals surface area contributed by atoms with Crippen LogP contribution >= 0.6 is 15.9 Å². The number of phosphoric ester groups is 1. The minimum absolute atomic E-state index is 0.00781. The molecule has 5 rings (SSSR count). The summed E-state index contributed by atoms with van der Waals surface area (Å²) >= 11 is 0. The summed E-state index contributed by atoms with van der Waals surface area (Å²) in [5, 5.41) is 9.22. The zero-order valence-corrected chi connectivity index (χ0v) is 24.0. The number of hydrogen-bond acceptors (Lipinski definition) is 15. The van der Waals surface area contributed by atoms with Gasteiger partial charge in [-0.25, -0.2) is 33.9 Å². The zero-order chi connectivity index (χ0) is 31.8. The number of nitrogens with one attached hydrogen (secondary N) is 1. The summed E-state index contributed by atoms with van der Waals surface area (Å²) in [6.07, 6.45) is -6.32. The average molecular weight is 666 g/mol. The van der Waals surface area contributed by atoms with Crippen molar-refractivity contribution in [2.45, 2.75) is 50.4 Å². The molecule has 0 amide bonds. The number of alkyl halides is 2. The molecule has 0 aromatic carbocycles. The van der Waals surface area contributed by atoms with Gasteiger partial charge in [-0.2, -0.15) is 9.28 Å². The molecule has 9 atom stereocenters. The third kappa shape index (κ3) is 6.64. The van der Waals surface area contributed by atoms with E-state index in [0.717, 1.165) is 30.5 Å². The molecule has 0 bridgehead atoms. The van der Waals surface area contributed by atoms with Gasteiger partial charge in [-0.05, 0) is 11.5 Å². The quantitative estimate of drug-likeness (QED) is 0.0937. The maximum Gasteiger partial charge on any atom is 0.534 e. The summed E-state index contributed by atoms with van der Waals surface area (Å²) < 4.78 is 81.3. The van der Waals surface area contributed by atoms with Crippen LogP contribution < -0.4 is 11.3 Å². The summed E-state index contributed by atoms with van der Waals surface area (Å²) in [4.78, 5) is 53.5. The van der Waals surface area contributed by atoms with E-state index < -0.39 is 77.8 Å². The number of phosphoric acid groups is 1. The molecule has 0 aliphatic carbocycles. The Morgan fingerprint density at radius 3 is 2.70 bits per heavy atom. The number of fused-ring (bicyclic) bond motifs is 2. The fraction of sp³-hybridized carbons (Fsp3) is 0.500. The number of aliphatic hydroxyl groups is 1. The standard InChI is InChI=1S/C20H23F2N9O11P2/c1-8(18(41-20(22)33)30-6-29-12-16(30)26-4-27-17(12)32)42-44(36,37)39-2-9-13(38-7-43(34)35)10(21)19(40-9)31-5-28-11-14(23)24-3-25-15(11)31/h3-6,8-10,13,18-20,33H,2,7H2,1H3,(H4-,23,24,25,26,27,32,34,35,36,37)/p+1/t8-,9+,10?,13?,18+,19+,20?/m0/s1. The van der Waals surface area contributed by atoms with E-state index in [0.29, 0.717) is 0 Å². The Hall–Kier alpha value is -3.43. The number of aromatic amines is 1. The fourth-order valence-corrected chi connectivity index (χ4v) is 5.70. The van der Waals surface area contributed by atoms with Crippen molar-refractivity contribution in [3.8, 4) is 0 Å². The molecular formula is C20H24F2N9O11P2+. The van der Waals surface area contributed by atoms with Gasteiger partial charge in [0.05, 0.1) is 25.6 Å². The first-order valence-corrected chi connectivity index (χ1v) is 15.3. The molecule has 4 aromatic heterocycles. The van der Waals surface area contributed by atoms with Crippen LogP contribution in [-0.4, -0.2) is 97.9 Å². The predicted molar refractivity (Wildman–Crippen MR) is 140 cm³/mol. The van der Waals surface area contributed by atoms with Crippen LogP contribution in [0, 0.1) is 0 Å². The second kappa shape index (κ2) is 12.9. The van der Waals surface area contributed by atoms with Crippen LogP contribution in [0.4, 0.5) is 14.6 Å². The van der Waals surface area contributed by atoms with Crippen molar-refractivity contribution < 1.29 is 56.1 Å². The van der Waals surface area contributed by atoms with Crippen LogP contribution in [0.2, 0.25) is 0 Å². The van der Waals surface area contributed by atoms with Crippen LogP contribution in [0.1, 0.15) is 19.4 Å². The van der Waals surface area contributed by atoms with E-state index in [1.807, 2.05) is 0 Å². The number of aliphatic hydroxyl groups excluding tert-OH is 1. The molecule has 0 saturated carbocycles. The molecule has 1 aliphatic heterocycles. The molecule has 0 spiro atoms. The number of aromatic nitrogens is 8. The normalized spacial score (nSPS) is 24.4. The van der Waals surface area contributed by atoms with Crippen LogP contribution in [-0.2, 0) is 32.4 Å². The van der Waals surface area contributed by atoms with Gasteiger partial charge in [-0.1, -0.05) is 0 Å². The monoisotopic (exact) mass is 666 g/mol. The summed E-state index contributed by atoms with van der Waals surface area (Å²) in [5.41, 5.74) is 5.04. The molecule has 6 N–H and O–H groups in total. The van der Waals surface area contributed by atoms with E-state index in [1.54, 1.807) is 0 Å². The number of imidazole rings is 2. The third-order valence-corrected chi connectivity index (χ3v) is 7.74. The SMILES string of the molecule is C[C@H](OP(=O)(O)OC[C@H]1O[C@@H](n2cnc3c(N)ncnc32)C(F)C1OC[P+](=O)O)[C@@H](OC(O)F)n1cnc2c(=O)[nH]cnc21. The number of nitrogens with zero attached hydrogens (tertiary/aromatic N) is 7. The van der Waals surface area contributed by atoms with Gasteiger partial charge in [0, 0.05) is 0 Å². The van der Waals surface area contributed by atoms with Crippen LogP contribution in [0.15, 0.2) is 30.1 Å². The molecular weight excluding hydrogens is 642 g/mol. The minimum Gasteiger partial charge on any atom is -0.382 e. The second-order valence-corrected chi connectivity index (χ2v) is 11.5. The molecule has 4 aromatic rings. The Labute approximate surface area is 244 Å². The number of anilines is 1. The van der Waals surface area contributed by atoms with Crippen molar-refractivity contribution in [3.63, 3.8) is 0 Å². The van der Waals surface area contributed by atoms with E-state index in [-0.39, 0.29) is 28.1 Å². The third-order valence-electron chi connectivity index (χ3n) is 6.30. The average Bonchev–Trinajstić information content (AvgIpc) is 3.65. The largest absolute Gasteiger partial charge is 0.534 e. The van der Waals surface area contributed by atoms with Crippen molar-refractivity contribution in [2.24, 2.45) is 0 Å². The number of nitrogens with two attached hydrogens (primary N) is 1. The lowest BCUT2D eigenvalue weighted by Crippen LogP contribution is -2.34. The van der Waals surface area contributed by atoms with Crippen LogP contribution in [0.3, 0.4) is 0 Å². The first-order valence-electron chi connectivity index (χ1n) is 12.4. The fourth-order valence-electron chi connectivity index (χ4n) is 4.48. The summed E-state index contributed by atoms with van der Waals surface area (Å²) in [7, 11) is -7.96. The van der Waals surface area contributed by atoms with Crippen molar-refractivity contribution in [2.75, 3.05) is 18.7 Å². The van der Waals surface area contributed by atoms with Crippen molar-refractivity contribution in [1.82, 2.24) is 39.0 Å². The lowest BCUT2D eigenvalue weighted by atomic mass is 10.1. The summed E-state index contributed by atoms with van der Waals surface area (Å²) in [6.45, 7) is -2.60. The Morgan fingerprint density at radius 2 is 1.98 bits per heavy atom. The molecule has 5 heterocycles. The molecule has 20 nitrogen and oxygen atoms in total. The molecule has 24 heteroatoms. The highest BCUT2D eigenvalue weighted by molar-refractivity contribution is 7.47. The Balaban J connectivity index is 1.33. The number of halogens is 2. The van der Waals surface area contributed by atoms with Crippen molar-refractivity contribution in [1.29, 1.82) is 0 Å². The van der Waals surface area contributed by atoms with Gasteiger partial charge in [0.1, 0.15) is 30.2 Å². The first-order chi connectivity index (χ1) is 20.9. The highest BCUT2D eigenvalue weighted by atomic mass is 31.2. The molecule has 1 fully saturated rings. The van der Waals surface area contributed by atoms with Crippen LogP contribution in [0.25, 0.3) is 22.3 Å². The number of rotatable bonds is 13. The molecule has 1 aliphatic rings. The minimum atomic E-state index is -5.11. The lowest BCUT2D eigenvalue weighted by Gasteiger charge is -2.27. The molecule has 238 valence electrons. The van der Waals surface area contributed by atoms with Gasteiger partial charge in [-0.15, -0.1) is 0 Å². The van der Waals surface area contributed by atoms with Crippen molar-refractivity contribution in [3.05, 3.63) is 35.7 Å². The number of H-pyrrole nitrogens is 1. The van der Waals surface area contributed by atoms with Crippen LogP contribution in [0.5, 0.6) is 0 Å². The zero-order valence-electron chi connectivity index (χ0n) is 22.2. The van der Waals surface area contributed by atoms with Crippen molar-refractivity contribution >= 4 is 44.0 Å². The highest BCUT2D eigenvalue weighted by Gasteiger charge is 2.49. The van der Waals surface area contributed by atoms with E-state index in [4.69, 9.17) is 29.0 Å². The molecule has 44 heavy (non-hydrogen) atoms. The van der Waals surface area contributed by atoms with Gasteiger partial charge in [0.25, 0.3) is 11.9 Å². The highest BCUT2D eigenvalue weighted by Crippen LogP contribution is 2.48. The first kappa shape index (κ1) is 32.0. The van der Waals surface area contributed by atoms with Gasteiger partial charge in [0.15, 0.2) is 41.3 Å². The molecule has 0 radical (unpaired) electrons. The van der Waals surface area contributed by atoms with E-state index in [9.17, 15) is 33.2 Å². The van der Waals surface area contributed by atoms with Gasteiger partial charge in [0.2, 0.25) is 0 Å². The lowest BCUT2D eigenvalue weighted by molar-refractivity contribution is -0.246. The second-order valence-electron chi connectivity index (χ2n) is 9.15. The van der Waals surface area contributed by atoms with E-state index in [2.05, 4.69) is 29.9 Å². The molecule has 5 unspecified atom stereocenters. The number of nitrogen functional groups attached to an aromatic ring is 1. The van der Waals surface area contributed by atoms with Gasteiger partial charge >= 0.3 is 22.4 Å². The maximum absolute atomic E-state index is 15.6. The Morgan fingerprint density at radius 1 is 1.23 bits per heavy atom.